The summed E-state index contributed by atoms with van der Waals surface area (Å²) >= 11 is 6.12. The molecule has 0 saturated carbocycles. The Morgan fingerprint density at radius 2 is 1.67 bits per heavy atom. The van der Waals surface area contributed by atoms with Gasteiger partial charge in [0.1, 0.15) is 0 Å². The molecule has 0 amide bonds. The van der Waals surface area contributed by atoms with Crippen LogP contribution in [0.15, 0.2) is 54.6 Å². The normalized spacial score (nSPS) is 12.3. The molecule has 0 aliphatic rings. The maximum absolute atomic E-state index is 6.12. The van der Waals surface area contributed by atoms with Gasteiger partial charge in [-0.1, -0.05) is 67.1 Å². The Hall–Kier alpha value is -1.31. The molecule has 0 saturated heterocycles. The van der Waals surface area contributed by atoms with E-state index in [1.807, 2.05) is 24.3 Å². The van der Waals surface area contributed by atoms with E-state index in [9.17, 15) is 0 Å². The molecular weight excluding hydrogens is 242 g/mol. The van der Waals surface area contributed by atoms with Crippen molar-refractivity contribution >= 4 is 11.6 Å². The van der Waals surface area contributed by atoms with Crippen molar-refractivity contribution in [3.63, 3.8) is 0 Å². The molecule has 0 aromatic heterocycles. The van der Waals surface area contributed by atoms with Crippen LogP contribution in [0.4, 0.5) is 0 Å². The number of rotatable bonds is 5. The van der Waals surface area contributed by atoms with Gasteiger partial charge in [-0.05, 0) is 23.1 Å². The monoisotopic (exact) mass is 259 g/mol. The Morgan fingerprint density at radius 1 is 1.00 bits per heavy atom. The van der Waals surface area contributed by atoms with Gasteiger partial charge in [0.05, 0.1) is 0 Å². The molecule has 0 aliphatic heterocycles. The van der Waals surface area contributed by atoms with Crippen LogP contribution in [0.1, 0.15) is 24.0 Å². The summed E-state index contributed by atoms with van der Waals surface area (Å²) in [7, 11) is 0. The zero-order valence-electron chi connectivity index (χ0n) is 10.6. The predicted molar refractivity (Wildman–Crippen MR) is 78.0 cm³/mol. The van der Waals surface area contributed by atoms with Crippen molar-refractivity contribution < 1.29 is 0 Å². The summed E-state index contributed by atoms with van der Waals surface area (Å²) in [6.07, 6.45) is 0. The second kappa shape index (κ2) is 6.58. The summed E-state index contributed by atoms with van der Waals surface area (Å²) in [6, 6.07) is 18.5. The SMILES string of the molecule is CC(CNCc1ccccc1Cl)c1ccccc1. The molecular formula is C16H18ClN. The standard InChI is InChI=1S/C16H18ClN/c1-13(14-7-3-2-4-8-14)11-18-12-15-9-5-6-10-16(15)17/h2-10,13,18H,11-12H2,1H3. The molecule has 0 aliphatic carbocycles. The number of benzene rings is 2. The van der Waals surface area contributed by atoms with Gasteiger partial charge >= 0.3 is 0 Å². The fraction of sp³-hybridized carbons (Fsp3) is 0.250. The number of halogens is 1. The molecule has 0 radical (unpaired) electrons. The van der Waals surface area contributed by atoms with Crippen LogP contribution in [0.5, 0.6) is 0 Å². The molecule has 94 valence electrons. The van der Waals surface area contributed by atoms with Crippen LogP contribution in [-0.2, 0) is 6.54 Å². The van der Waals surface area contributed by atoms with Gasteiger partial charge < -0.3 is 5.32 Å². The van der Waals surface area contributed by atoms with Crippen LogP contribution in [0, 0.1) is 0 Å². The van der Waals surface area contributed by atoms with Crippen LogP contribution in [-0.4, -0.2) is 6.54 Å². The van der Waals surface area contributed by atoms with Crippen molar-refractivity contribution in [2.24, 2.45) is 0 Å². The smallest absolute Gasteiger partial charge is 0.0450 e. The topological polar surface area (TPSA) is 12.0 Å². The van der Waals surface area contributed by atoms with Gasteiger partial charge in [0.15, 0.2) is 0 Å². The zero-order chi connectivity index (χ0) is 12.8. The summed E-state index contributed by atoms with van der Waals surface area (Å²) in [5.41, 5.74) is 2.52. The summed E-state index contributed by atoms with van der Waals surface area (Å²) in [5.74, 6) is 0.508. The first-order valence-electron chi connectivity index (χ1n) is 6.26. The molecule has 2 aromatic rings. The lowest BCUT2D eigenvalue weighted by Gasteiger charge is -2.13. The van der Waals surface area contributed by atoms with Crippen molar-refractivity contribution in [2.45, 2.75) is 19.4 Å². The lowest BCUT2D eigenvalue weighted by molar-refractivity contribution is 0.615. The Kier molecular flexibility index (Phi) is 4.80. The number of hydrogen-bond acceptors (Lipinski definition) is 1. The summed E-state index contributed by atoms with van der Waals surface area (Å²) in [6.45, 7) is 4.00. The number of nitrogens with one attached hydrogen (secondary N) is 1. The van der Waals surface area contributed by atoms with Crippen LogP contribution < -0.4 is 5.32 Å². The van der Waals surface area contributed by atoms with E-state index in [4.69, 9.17) is 11.6 Å². The van der Waals surface area contributed by atoms with Gasteiger partial charge in [0.2, 0.25) is 0 Å². The molecule has 18 heavy (non-hydrogen) atoms. The Labute approximate surface area is 114 Å². The van der Waals surface area contributed by atoms with Gasteiger partial charge in [-0.15, -0.1) is 0 Å². The maximum atomic E-state index is 6.12. The minimum absolute atomic E-state index is 0.508. The number of hydrogen-bond donors (Lipinski definition) is 1. The van der Waals surface area contributed by atoms with Crippen LogP contribution >= 0.6 is 11.6 Å². The molecule has 2 rings (SSSR count). The zero-order valence-corrected chi connectivity index (χ0v) is 11.3. The lowest BCUT2D eigenvalue weighted by Crippen LogP contribution is -2.19. The van der Waals surface area contributed by atoms with Crippen molar-refractivity contribution in [3.8, 4) is 0 Å². The van der Waals surface area contributed by atoms with Crippen molar-refractivity contribution in [1.82, 2.24) is 5.32 Å². The maximum Gasteiger partial charge on any atom is 0.0450 e. The molecule has 1 atom stereocenters. The third-order valence-corrected chi connectivity index (χ3v) is 3.46. The van der Waals surface area contributed by atoms with Crippen molar-refractivity contribution in [2.75, 3.05) is 6.54 Å². The molecule has 0 heterocycles. The van der Waals surface area contributed by atoms with Crippen LogP contribution in [0.25, 0.3) is 0 Å². The fourth-order valence-corrected chi connectivity index (χ4v) is 2.17. The van der Waals surface area contributed by atoms with E-state index in [0.717, 1.165) is 23.7 Å². The summed E-state index contributed by atoms with van der Waals surface area (Å²) in [4.78, 5) is 0. The first-order valence-corrected chi connectivity index (χ1v) is 6.64. The van der Waals surface area contributed by atoms with Gasteiger partial charge in [0.25, 0.3) is 0 Å². The minimum Gasteiger partial charge on any atom is -0.312 e. The van der Waals surface area contributed by atoms with E-state index in [1.165, 1.54) is 5.56 Å². The Bertz CT molecular complexity index is 481. The minimum atomic E-state index is 0.508. The molecule has 1 N–H and O–H groups in total. The Balaban J connectivity index is 1.84. The molecule has 1 unspecified atom stereocenters. The van der Waals surface area contributed by atoms with Gasteiger partial charge in [-0.3, -0.25) is 0 Å². The van der Waals surface area contributed by atoms with E-state index >= 15 is 0 Å². The molecule has 0 bridgehead atoms. The van der Waals surface area contributed by atoms with Gasteiger partial charge in [0, 0.05) is 18.1 Å². The highest BCUT2D eigenvalue weighted by Crippen LogP contribution is 2.16. The second-order valence-electron chi connectivity index (χ2n) is 4.53. The third kappa shape index (κ3) is 3.59. The molecule has 0 spiro atoms. The van der Waals surface area contributed by atoms with E-state index < -0.39 is 0 Å². The molecule has 2 aromatic carbocycles. The van der Waals surface area contributed by atoms with Crippen LogP contribution in [0.3, 0.4) is 0 Å². The molecule has 1 nitrogen and oxygen atoms in total. The third-order valence-electron chi connectivity index (χ3n) is 3.09. The second-order valence-corrected chi connectivity index (χ2v) is 4.94. The predicted octanol–water partition coefficient (Wildman–Crippen LogP) is 4.23. The fourth-order valence-electron chi connectivity index (χ4n) is 1.96. The summed E-state index contributed by atoms with van der Waals surface area (Å²) in [5, 5.41) is 4.29. The first kappa shape index (κ1) is 13.1. The average molecular weight is 260 g/mol. The Morgan fingerprint density at radius 3 is 2.39 bits per heavy atom. The highest BCUT2D eigenvalue weighted by molar-refractivity contribution is 6.31. The lowest BCUT2D eigenvalue weighted by atomic mass is 10.0. The van der Waals surface area contributed by atoms with Crippen molar-refractivity contribution in [1.29, 1.82) is 0 Å². The van der Waals surface area contributed by atoms with E-state index in [0.29, 0.717) is 5.92 Å². The highest BCUT2D eigenvalue weighted by Gasteiger charge is 2.04. The van der Waals surface area contributed by atoms with E-state index in [1.54, 1.807) is 0 Å². The largest absolute Gasteiger partial charge is 0.312 e. The first-order chi connectivity index (χ1) is 8.77. The van der Waals surface area contributed by atoms with Crippen molar-refractivity contribution in [3.05, 3.63) is 70.7 Å². The van der Waals surface area contributed by atoms with Gasteiger partial charge in [-0.2, -0.15) is 0 Å². The summed E-state index contributed by atoms with van der Waals surface area (Å²) < 4.78 is 0. The van der Waals surface area contributed by atoms with Crippen LogP contribution in [0.2, 0.25) is 5.02 Å². The van der Waals surface area contributed by atoms with E-state index in [2.05, 4.69) is 42.6 Å². The quantitative estimate of drug-likeness (QED) is 0.847. The van der Waals surface area contributed by atoms with Gasteiger partial charge in [-0.25, -0.2) is 0 Å². The molecule has 0 fully saturated rings. The highest BCUT2D eigenvalue weighted by atomic mass is 35.5. The molecule has 2 heteroatoms. The average Bonchev–Trinajstić information content (AvgIpc) is 2.42. The van der Waals surface area contributed by atoms with E-state index in [-0.39, 0.29) is 0 Å².